The average molecular weight is 345 g/mol. The van der Waals surface area contributed by atoms with Gasteiger partial charge in [0.2, 0.25) is 5.91 Å². The minimum atomic E-state index is -2.92. The number of hydrogen-bond donors (Lipinski definition) is 1. The zero-order valence-corrected chi connectivity index (χ0v) is 13.8. The Kier molecular flexibility index (Phi) is 3.29. The van der Waals surface area contributed by atoms with E-state index in [9.17, 15) is 13.6 Å². The maximum absolute atomic E-state index is 13.0. The first-order chi connectivity index (χ1) is 11.8. The maximum atomic E-state index is 13.0. The van der Waals surface area contributed by atoms with Crippen molar-refractivity contribution < 1.29 is 23.0 Å². The van der Waals surface area contributed by atoms with Gasteiger partial charge in [-0.05, 0) is 31.5 Å². The van der Waals surface area contributed by atoms with Crippen LogP contribution in [0.2, 0.25) is 0 Å². The standard InChI is InChI=1S/C19H17F2NO3/c1-18(2)10-19(12-5-3-4-6-14(12)22-16(19)23)13-8-7-11(24-17(20)21)9-15(13)25-18/h3-9,17H,10H2,1-2H3,(H,22,23). The molecular weight excluding hydrogens is 328 g/mol. The number of nitrogens with one attached hydrogen (secondary N) is 1. The molecule has 1 unspecified atom stereocenters. The Morgan fingerprint density at radius 2 is 1.92 bits per heavy atom. The van der Waals surface area contributed by atoms with Crippen LogP contribution in [0.1, 0.15) is 31.4 Å². The molecule has 0 saturated carbocycles. The lowest BCUT2D eigenvalue weighted by Gasteiger charge is -2.43. The summed E-state index contributed by atoms with van der Waals surface area (Å²) in [6, 6.07) is 12.0. The molecule has 1 atom stereocenters. The fourth-order valence-electron chi connectivity index (χ4n) is 3.94. The topological polar surface area (TPSA) is 47.6 Å². The van der Waals surface area contributed by atoms with Gasteiger partial charge in [0.25, 0.3) is 0 Å². The van der Waals surface area contributed by atoms with Crippen molar-refractivity contribution in [1.29, 1.82) is 0 Å². The van der Waals surface area contributed by atoms with Gasteiger partial charge in [-0.2, -0.15) is 8.78 Å². The summed E-state index contributed by atoms with van der Waals surface area (Å²) in [5, 5.41) is 2.94. The number of anilines is 1. The Hall–Kier alpha value is -2.63. The number of halogens is 2. The predicted octanol–water partition coefficient (Wildman–Crippen LogP) is 4.09. The molecule has 0 aliphatic carbocycles. The van der Waals surface area contributed by atoms with E-state index in [1.54, 1.807) is 6.07 Å². The molecule has 2 aliphatic heterocycles. The van der Waals surface area contributed by atoms with Crippen molar-refractivity contribution in [2.75, 3.05) is 5.32 Å². The highest BCUT2D eigenvalue weighted by atomic mass is 19.3. The molecule has 0 aromatic heterocycles. The number of hydrogen-bond acceptors (Lipinski definition) is 3. The molecule has 0 bridgehead atoms. The molecule has 0 saturated heterocycles. The second-order valence-electron chi connectivity index (χ2n) is 6.98. The molecular formula is C19H17F2NO3. The Morgan fingerprint density at radius 3 is 2.68 bits per heavy atom. The van der Waals surface area contributed by atoms with Crippen LogP contribution in [0.25, 0.3) is 0 Å². The number of carbonyl (C=O) groups is 1. The van der Waals surface area contributed by atoms with E-state index in [1.165, 1.54) is 12.1 Å². The van der Waals surface area contributed by atoms with Crippen LogP contribution >= 0.6 is 0 Å². The van der Waals surface area contributed by atoms with E-state index in [-0.39, 0.29) is 11.7 Å². The van der Waals surface area contributed by atoms with Crippen molar-refractivity contribution in [2.45, 2.75) is 37.9 Å². The predicted molar refractivity (Wildman–Crippen MR) is 88.2 cm³/mol. The molecule has 130 valence electrons. The largest absolute Gasteiger partial charge is 0.487 e. The normalized spacial score (nSPS) is 23.0. The van der Waals surface area contributed by atoms with Gasteiger partial charge in [-0.25, -0.2) is 0 Å². The van der Waals surface area contributed by atoms with Crippen LogP contribution in [0.3, 0.4) is 0 Å². The molecule has 4 rings (SSSR count). The van der Waals surface area contributed by atoms with Gasteiger partial charge in [0.1, 0.15) is 22.5 Å². The first-order valence-electron chi connectivity index (χ1n) is 8.01. The highest BCUT2D eigenvalue weighted by molar-refractivity contribution is 6.09. The van der Waals surface area contributed by atoms with Crippen LogP contribution in [0.15, 0.2) is 42.5 Å². The molecule has 1 spiro atoms. The lowest BCUT2D eigenvalue weighted by Crippen LogP contribution is -2.48. The van der Waals surface area contributed by atoms with Crippen LogP contribution in [-0.2, 0) is 10.2 Å². The number of amides is 1. The smallest absolute Gasteiger partial charge is 0.387 e. The van der Waals surface area contributed by atoms with E-state index < -0.39 is 17.6 Å². The van der Waals surface area contributed by atoms with E-state index in [2.05, 4.69) is 10.1 Å². The molecule has 0 radical (unpaired) electrons. The van der Waals surface area contributed by atoms with Gasteiger partial charge < -0.3 is 14.8 Å². The van der Waals surface area contributed by atoms with Gasteiger partial charge in [0, 0.05) is 23.7 Å². The SMILES string of the molecule is CC1(C)CC2(C(=O)Nc3ccccc32)c2ccc(OC(F)F)cc2O1. The molecule has 2 aromatic rings. The third-order valence-corrected chi connectivity index (χ3v) is 4.74. The van der Waals surface area contributed by atoms with Gasteiger partial charge in [0.05, 0.1) is 0 Å². The third-order valence-electron chi connectivity index (χ3n) is 4.74. The van der Waals surface area contributed by atoms with Crippen molar-refractivity contribution in [3.63, 3.8) is 0 Å². The molecule has 1 amide bonds. The Morgan fingerprint density at radius 1 is 1.16 bits per heavy atom. The summed E-state index contributed by atoms with van der Waals surface area (Å²) in [5.41, 5.74) is 0.752. The number of benzene rings is 2. The Bertz CT molecular complexity index is 865. The molecule has 6 heteroatoms. The minimum Gasteiger partial charge on any atom is -0.487 e. The second kappa shape index (κ2) is 5.18. The van der Waals surface area contributed by atoms with Crippen LogP contribution < -0.4 is 14.8 Å². The molecule has 2 heterocycles. The average Bonchev–Trinajstić information content (AvgIpc) is 2.78. The number of rotatable bonds is 2. The summed E-state index contributed by atoms with van der Waals surface area (Å²) in [4.78, 5) is 13.0. The summed E-state index contributed by atoms with van der Waals surface area (Å²) < 4.78 is 35.5. The van der Waals surface area contributed by atoms with Gasteiger partial charge in [-0.15, -0.1) is 0 Å². The highest BCUT2D eigenvalue weighted by Crippen LogP contribution is 2.54. The summed E-state index contributed by atoms with van der Waals surface area (Å²) >= 11 is 0. The minimum absolute atomic E-state index is 0.00768. The molecule has 2 aliphatic rings. The van der Waals surface area contributed by atoms with Crippen LogP contribution in [0.5, 0.6) is 11.5 Å². The second-order valence-corrected chi connectivity index (χ2v) is 6.98. The number of alkyl halides is 2. The van der Waals surface area contributed by atoms with Gasteiger partial charge >= 0.3 is 6.61 Å². The molecule has 2 aromatic carbocycles. The maximum Gasteiger partial charge on any atom is 0.387 e. The molecule has 1 N–H and O–H groups in total. The van der Waals surface area contributed by atoms with Crippen molar-refractivity contribution in [2.24, 2.45) is 0 Å². The highest BCUT2D eigenvalue weighted by Gasteiger charge is 2.55. The Balaban J connectivity index is 1.93. The van der Waals surface area contributed by atoms with E-state index in [0.29, 0.717) is 17.7 Å². The van der Waals surface area contributed by atoms with Gasteiger partial charge in [-0.1, -0.05) is 24.3 Å². The third kappa shape index (κ3) is 2.35. The molecule has 4 nitrogen and oxygen atoms in total. The van der Waals surface area contributed by atoms with E-state index >= 15 is 0 Å². The van der Waals surface area contributed by atoms with E-state index in [0.717, 1.165) is 11.3 Å². The van der Waals surface area contributed by atoms with E-state index in [4.69, 9.17) is 4.74 Å². The van der Waals surface area contributed by atoms with Crippen molar-refractivity contribution in [3.8, 4) is 11.5 Å². The zero-order chi connectivity index (χ0) is 17.8. The van der Waals surface area contributed by atoms with Crippen molar-refractivity contribution in [3.05, 3.63) is 53.6 Å². The molecule has 25 heavy (non-hydrogen) atoms. The first kappa shape index (κ1) is 15.9. The quantitative estimate of drug-likeness (QED) is 0.892. The van der Waals surface area contributed by atoms with Gasteiger partial charge in [0.15, 0.2) is 0 Å². The van der Waals surface area contributed by atoms with Gasteiger partial charge in [-0.3, -0.25) is 4.79 Å². The number of carbonyl (C=O) groups excluding carboxylic acids is 1. The van der Waals surface area contributed by atoms with Crippen LogP contribution in [0, 0.1) is 0 Å². The first-order valence-corrected chi connectivity index (χ1v) is 8.01. The summed E-state index contributed by atoms with van der Waals surface area (Å²) in [6.07, 6.45) is 0.449. The lowest BCUT2D eigenvalue weighted by molar-refractivity contribution is -0.122. The lowest BCUT2D eigenvalue weighted by atomic mass is 9.67. The van der Waals surface area contributed by atoms with Crippen molar-refractivity contribution in [1.82, 2.24) is 0 Å². The summed E-state index contributed by atoms with van der Waals surface area (Å²) in [6.45, 7) is 0.846. The van der Waals surface area contributed by atoms with Crippen molar-refractivity contribution >= 4 is 11.6 Å². The fourth-order valence-corrected chi connectivity index (χ4v) is 3.94. The fraction of sp³-hybridized carbons (Fsp3) is 0.316. The van der Waals surface area contributed by atoms with Crippen LogP contribution in [-0.4, -0.2) is 18.1 Å². The van der Waals surface area contributed by atoms with E-state index in [1.807, 2.05) is 38.1 Å². The number of ether oxygens (including phenoxy) is 2. The summed E-state index contributed by atoms with van der Waals surface area (Å²) in [5.74, 6) is 0.267. The number of fused-ring (bicyclic) bond motifs is 4. The monoisotopic (exact) mass is 345 g/mol. The zero-order valence-electron chi connectivity index (χ0n) is 13.8. The van der Waals surface area contributed by atoms with Crippen LogP contribution in [0.4, 0.5) is 14.5 Å². The molecule has 0 fully saturated rings. The summed E-state index contributed by atoms with van der Waals surface area (Å²) in [7, 11) is 0. The number of para-hydroxylation sites is 1. The Labute approximate surface area is 143 Å².